The van der Waals surface area contributed by atoms with Crippen molar-refractivity contribution in [3.05, 3.63) is 35.4 Å². The molecule has 0 aliphatic heterocycles. The van der Waals surface area contributed by atoms with Gasteiger partial charge in [-0.15, -0.1) is 0 Å². The Bertz CT molecular complexity index is 485. The molecule has 1 rings (SSSR count). The highest BCUT2D eigenvalue weighted by Crippen LogP contribution is 2.22. The summed E-state index contributed by atoms with van der Waals surface area (Å²) < 4.78 is 0. The van der Waals surface area contributed by atoms with E-state index in [0.717, 1.165) is 6.08 Å². The van der Waals surface area contributed by atoms with E-state index in [2.05, 4.69) is 0 Å². The van der Waals surface area contributed by atoms with Crippen molar-refractivity contribution in [2.24, 2.45) is 0 Å². The third-order valence-electron chi connectivity index (χ3n) is 1.95. The van der Waals surface area contributed by atoms with Crippen LogP contribution in [-0.4, -0.2) is 21.3 Å². The molecule has 0 heterocycles. The number of carboxylic acid groups (broad SMARTS) is 1. The topological polar surface area (TPSA) is 102 Å². The number of aliphatic carboxylic acids is 1. The van der Waals surface area contributed by atoms with Gasteiger partial charge in [0.2, 0.25) is 0 Å². The van der Waals surface area contributed by atoms with Gasteiger partial charge in [-0.25, -0.2) is 4.79 Å². The average molecular weight is 219 g/mol. The molecule has 5 heteroatoms. The quantitative estimate of drug-likeness (QED) is 0.517. The van der Waals surface area contributed by atoms with Crippen molar-refractivity contribution in [3.8, 4) is 11.8 Å². The van der Waals surface area contributed by atoms with Crippen molar-refractivity contribution in [1.29, 1.82) is 5.26 Å². The first-order valence-corrected chi connectivity index (χ1v) is 4.36. The molecule has 0 amide bonds. The lowest BCUT2D eigenvalue weighted by atomic mass is 10.0. The molecule has 16 heavy (non-hydrogen) atoms. The molecular formula is C11H9NO4. The molecule has 0 aliphatic carbocycles. The van der Waals surface area contributed by atoms with Crippen molar-refractivity contribution < 1.29 is 20.1 Å². The lowest BCUT2D eigenvalue weighted by Crippen LogP contribution is -1.93. The largest absolute Gasteiger partial charge is 0.508 e. The molecule has 0 bridgehead atoms. The summed E-state index contributed by atoms with van der Waals surface area (Å²) in [7, 11) is 0. The Morgan fingerprint density at radius 2 is 2.19 bits per heavy atom. The fourth-order valence-corrected chi connectivity index (χ4v) is 1.18. The highest BCUT2D eigenvalue weighted by atomic mass is 16.4. The van der Waals surface area contributed by atoms with Gasteiger partial charge in [0.1, 0.15) is 11.8 Å². The van der Waals surface area contributed by atoms with E-state index in [4.69, 9.17) is 15.5 Å². The number of hydrogen-bond acceptors (Lipinski definition) is 4. The normalized spacial score (nSPS) is 10.9. The second kappa shape index (κ2) is 4.96. The van der Waals surface area contributed by atoms with Gasteiger partial charge in [-0.1, -0.05) is 0 Å². The first-order chi connectivity index (χ1) is 7.58. The smallest absolute Gasteiger partial charge is 0.329 e. The fraction of sp³-hybridized carbons (Fsp3) is 0.0909. The molecule has 1 aromatic rings. The summed E-state index contributed by atoms with van der Waals surface area (Å²) in [5.41, 5.74) is 0.540. The molecular weight excluding hydrogens is 210 g/mol. The Labute approximate surface area is 91.5 Å². The lowest BCUT2D eigenvalue weighted by molar-refractivity contribution is -0.131. The van der Waals surface area contributed by atoms with Crippen LogP contribution in [0, 0.1) is 11.3 Å². The van der Waals surface area contributed by atoms with E-state index in [1.54, 1.807) is 6.07 Å². The van der Waals surface area contributed by atoms with Crippen molar-refractivity contribution in [1.82, 2.24) is 0 Å². The average Bonchev–Trinajstić information content (AvgIpc) is 2.26. The number of benzene rings is 1. The number of carbonyl (C=O) groups is 1. The maximum absolute atomic E-state index is 10.4. The van der Waals surface area contributed by atoms with Crippen molar-refractivity contribution in [2.75, 3.05) is 0 Å². The van der Waals surface area contributed by atoms with Crippen molar-refractivity contribution in [3.63, 3.8) is 0 Å². The van der Waals surface area contributed by atoms with Crippen molar-refractivity contribution >= 4 is 11.5 Å². The number of allylic oxidation sites excluding steroid dienone is 1. The minimum Gasteiger partial charge on any atom is -0.508 e. The summed E-state index contributed by atoms with van der Waals surface area (Å²) in [6.07, 6.45) is 0.771. The summed E-state index contributed by atoms with van der Waals surface area (Å²) in [4.78, 5) is 10.4. The van der Waals surface area contributed by atoms with Crippen LogP contribution in [0.5, 0.6) is 5.75 Å². The third kappa shape index (κ3) is 2.59. The minimum absolute atomic E-state index is 0.0396. The highest BCUT2D eigenvalue weighted by molar-refractivity contribution is 5.94. The zero-order chi connectivity index (χ0) is 12.1. The van der Waals surface area contributed by atoms with E-state index in [1.165, 1.54) is 18.2 Å². The number of carboxylic acids is 1. The second-order valence-electron chi connectivity index (χ2n) is 3.01. The number of rotatable bonds is 3. The van der Waals surface area contributed by atoms with Crippen LogP contribution in [0.15, 0.2) is 24.3 Å². The summed E-state index contributed by atoms with van der Waals surface area (Å²) in [5, 5.41) is 35.5. The van der Waals surface area contributed by atoms with Crippen molar-refractivity contribution in [2.45, 2.75) is 6.61 Å². The van der Waals surface area contributed by atoms with Gasteiger partial charge in [0, 0.05) is 11.6 Å². The molecule has 0 unspecified atom stereocenters. The Balaban J connectivity index is 3.23. The molecule has 0 aromatic heterocycles. The van der Waals surface area contributed by atoms with Crippen LogP contribution in [0.2, 0.25) is 0 Å². The zero-order valence-electron chi connectivity index (χ0n) is 8.21. The van der Waals surface area contributed by atoms with E-state index < -0.39 is 5.97 Å². The molecule has 0 saturated heterocycles. The summed E-state index contributed by atoms with van der Waals surface area (Å²) in [5.74, 6) is -1.32. The second-order valence-corrected chi connectivity index (χ2v) is 3.01. The minimum atomic E-state index is -1.23. The van der Waals surface area contributed by atoms with Crippen LogP contribution >= 0.6 is 0 Å². The van der Waals surface area contributed by atoms with E-state index in [-0.39, 0.29) is 23.5 Å². The molecule has 0 radical (unpaired) electrons. The predicted octanol–water partition coefficient (Wildman–Crippen LogP) is 0.876. The van der Waals surface area contributed by atoms with Crippen LogP contribution in [0.25, 0.3) is 5.57 Å². The molecule has 5 nitrogen and oxygen atoms in total. The monoisotopic (exact) mass is 219 g/mol. The van der Waals surface area contributed by atoms with E-state index in [1.807, 2.05) is 0 Å². The van der Waals surface area contributed by atoms with Gasteiger partial charge in [0.05, 0.1) is 12.2 Å². The van der Waals surface area contributed by atoms with Gasteiger partial charge in [0.15, 0.2) is 0 Å². The summed E-state index contributed by atoms with van der Waals surface area (Å²) in [6.45, 7) is -0.383. The molecule has 0 atom stereocenters. The zero-order valence-corrected chi connectivity index (χ0v) is 8.21. The fourth-order valence-electron chi connectivity index (χ4n) is 1.18. The van der Waals surface area contributed by atoms with E-state index in [9.17, 15) is 9.90 Å². The number of aromatic hydroxyl groups is 1. The first-order valence-electron chi connectivity index (χ1n) is 4.36. The van der Waals surface area contributed by atoms with E-state index in [0.29, 0.717) is 5.56 Å². The highest BCUT2D eigenvalue weighted by Gasteiger charge is 2.07. The number of hydrogen-bond donors (Lipinski definition) is 3. The van der Waals surface area contributed by atoms with Gasteiger partial charge >= 0.3 is 5.97 Å². The summed E-state index contributed by atoms with van der Waals surface area (Å²) >= 11 is 0. The van der Waals surface area contributed by atoms with Gasteiger partial charge in [-0.05, 0) is 23.8 Å². The standard InChI is InChI=1S/C11H9NO4/c12-5-8(4-11(15)16)7-1-2-10(14)9(3-7)6-13/h1-4,13-14H,6H2,(H,15,16)/b8-4-. The number of aliphatic hydroxyl groups is 1. The number of phenols is 1. The van der Waals surface area contributed by atoms with Crippen LogP contribution in [0.4, 0.5) is 0 Å². The predicted molar refractivity (Wildman–Crippen MR) is 55.3 cm³/mol. The molecule has 3 N–H and O–H groups in total. The maximum atomic E-state index is 10.4. The Morgan fingerprint density at radius 3 is 2.69 bits per heavy atom. The van der Waals surface area contributed by atoms with Crippen LogP contribution in [0.1, 0.15) is 11.1 Å². The summed E-state index contributed by atoms with van der Waals surface area (Å²) in [6, 6.07) is 5.81. The number of nitrogens with zero attached hydrogens (tertiary/aromatic N) is 1. The Kier molecular flexibility index (Phi) is 3.64. The van der Waals surface area contributed by atoms with Gasteiger partial charge in [0.25, 0.3) is 0 Å². The number of nitriles is 1. The van der Waals surface area contributed by atoms with Gasteiger partial charge in [-0.2, -0.15) is 5.26 Å². The molecule has 0 saturated carbocycles. The third-order valence-corrected chi connectivity index (χ3v) is 1.95. The lowest BCUT2D eigenvalue weighted by Gasteiger charge is -2.04. The van der Waals surface area contributed by atoms with E-state index >= 15 is 0 Å². The molecule has 0 spiro atoms. The Morgan fingerprint density at radius 1 is 1.50 bits per heavy atom. The van der Waals surface area contributed by atoms with Crippen LogP contribution < -0.4 is 0 Å². The van der Waals surface area contributed by atoms with Crippen LogP contribution in [0.3, 0.4) is 0 Å². The van der Waals surface area contributed by atoms with Crippen LogP contribution in [-0.2, 0) is 11.4 Å². The number of aliphatic hydroxyl groups excluding tert-OH is 1. The SMILES string of the molecule is N#C/C(=C/C(=O)O)c1ccc(O)c(CO)c1. The molecule has 1 aromatic carbocycles. The first kappa shape index (κ1) is 11.8. The molecule has 0 aliphatic rings. The Hall–Kier alpha value is -2.32. The van der Waals surface area contributed by atoms with Gasteiger partial charge in [-0.3, -0.25) is 0 Å². The molecule has 0 fully saturated rings. The molecule has 82 valence electrons. The van der Waals surface area contributed by atoms with Gasteiger partial charge < -0.3 is 15.3 Å². The maximum Gasteiger partial charge on any atom is 0.329 e.